The zero-order valence-electron chi connectivity index (χ0n) is 9.36. The van der Waals surface area contributed by atoms with Crippen LogP contribution < -0.4 is 4.72 Å². The second-order valence-electron chi connectivity index (χ2n) is 3.63. The Morgan fingerprint density at radius 2 is 1.84 bits per heavy atom. The monoisotopic (exact) mass is 487 g/mol. The molecule has 8 heteroatoms. The molecule has 3 nitrogen and oxygen atoms in total. The van der Waals surface area contributed by atoms with Crippen molar-refractivity contribution in [1.29, 1.82) is 0 Å². The summed E-state index contributed by atoms with van der Waals surface area (Å²) < 4.78 is 29.2. The van der Waals surface area contributed by atoms with Crippen LogP contribution in [0.3, 0.4) is 0 Å². The highest BCUT2D eigenvalue weighted by molar-refractivity contribution is 9.11. The van der Waals surface area contributed by atoms with Gasteiger partial charge in [0.05, 0.1) is 4.90 Å². The summed E-state index contributed by atoms with van der Waals surface area (Å²) in [5, 5.41) is 1.92. The lowest BCUT2D eigenvalue weighted by atomic mass is 10.4. The van der Waals surface area contributed by atoms with Crippen molar-refractivity contribution in [2.75, 3.05) is 0 Å². The van der Waals surface area contributed by atoms with Crippen molar-refractivity contribution in [2.45, 2.75) is 11.4 Å². The van der Waals surface area contributed by atoms with Crippen molar-refractivity contribution >= 4 is 69.1 Å². The lowest BCUT2D eigenvalue weighted by Gasteiger charge is -2.08. The van der Waals surface area contributed by atoms with Gasteiger partial charge in [0.1, 0.15) is 0 Å². The van der Waals surface area contributed by atoms with E-state index in [1.807, 2.05) is 11.4 Å². The van der Waals surface area contributed by atoms with Crippen LogP contribution in [0, 0.1) is 0 Å². The molecule has 0 unspecified atom stereocenters. The molecule has 0 atom stereocenters. The number of nitrogens with one attached hydrogen (secondary N) is 1. The highest BCUT2D eigenvalue weighted by Crippen LogP contribution is 2.26. The van der Waals surface area contributed by atoms with Gasteiger partial charge in [0.2, 0.25) is 10.0 Å². The number of halogens is 3. The highest BCUT2D eigenvalue weighted by atomic mass is 79.9. The predicted molar refractivity (Wildman–Crippen MR) is 87.9 cm³/mol. The Balaban J connectivity index is 2.20. The maximum absolute atomic E-state index is 12.2. The van der Waals surface area contributed by atoms with Gasteiger partial charge in [0, 0.05) is 30.2 Å². The average Bonchev–Trinajstić information content (AvgIpc) is 2.76. The molecule has 0 saturated heterocycles. The summed E-state index contributed by atoms with van der Waals surface area (Å²) in [7, 11) is -3.54. The topological polar surface area (TPSA) is 46.2 Å². The van der Waals surface area contributed by atoms with E-state index in [9.17, 15) is 8.42 Å². The molecule has 0 aliphatic carbocycles. The Bertz CT molecular complexity index is 698. The van der Waals surface area contributed by atoms with E-state index in [4.69, 9.17) is 0 Å². The third-order valence-electron chi connectivity index (χ3n) is 2.24. The quantitative estimate of drug-likeness (QED) is 0.686. The van der Waals surface area contributed by atoms with E-state index >= 15 is 0 Å². The van der Waals surface area contributed by atoms with E-state index in [0.29, 0.717) is 4.47 Å². The number of thiophene rings is 1. The fourth-order valence-corrected chi connectivity index (χ4v) is 5.36. The molecule has 0 radical (unpaired) electrons. The standard InChI is InChI=1S/C11H8Br3NO2S2/c12-7-1-2-10(14)11(4-7)19(16,17)15-5-9-3-8(13)6-18-9/h1-4,6,15H,5H2. The zero-order valence-corrected chi connectivity index (χ0v) is 15.8. The van der Waals surface area contributed by atoms with Crippen LogP contribution in [0.15, 0.2) is 48.0 Å². The van der Waals surface area contributed by atoms with Gasteiger partial charge in [-0.3, -0.25) is 0 Å². The van der Waals surface area contributed by atoms with Crippen LogP contribution in [0.2, 0.25) is 0 Å². The molecular weight excluding hydrogens is 482 g/mol. The number of hydrogen-bond donors (Lipinski definition) is 1. The molecule has 0 spiro atoms. The van der Waals surface area contributed by atoms with Gasteiger partial charge in [-0.25, -0.2) is 13.1 Å². The van der Waals surface area contributed by atoms with E-state index in [0.717, 1.165) is 13.8 Å². The first-order valence-corrected chi connectivity index (χ1v) is 9.80. The van der Waals surface area contributed by atoms with Gasteiger partial charge in [-0.2, -0.15) is 0 Å². The van der Waals surface area contributed by atoms with Crippen molar-refractivity contribution in [3.8, 4) is 0 Å². The molecule has 0 fully saturated rings. The fraction of sp³-hybridized carbons (Fsp3) is 0.0909. The summed E-state index contributed by atoms with van der Waals surface area (Å²) in [4.78, 5) is 1.17. The lowest BCUT2D eigenvalue weighted by Crippen LogP contribution is -2.23. The molecule has 0 saturated carbocycles. The average molecular weight is 490 g/mol. The third-order valence-corrected chi connectivity index (χ3v) is 6.83. The first-order chi connectivity index (χ1) is 8.88. The van der Waals surface area contributed by atoms with Crippen molar-refractivity contribution in [2.24, 2.45) is 0 Å². The van der Waals surface area contributed by atoms with E-state index in [1.54, 1.807) is 18.2 Å². The Hall–Kier alpha value is 0.270. The summed E-state index contributed by atoms with van der Waals surface area (Å²) in [5.74, 6) is 0. The molecule has 1 aromatic carbocycles. The Kier molecular flexibility index (Phi) is 5.24. The van der Waals surface area contributed by atoms with E-state index in [1.165, 1.54) is 11.3 Å². The minimum atomic E-state index is -3.54. The van der Waals surface area contributed by atoms with Gasteiger partial charge < -0.3 is 0 Å². The van der Waals surface area contributed by atoms with Crippen LogP contribution in [0.25, 0.3) is 0 Å². The first kappa shape index (κ1) is 15.7. The van der Waals surface area contributed by atoms with Crippen LogP contribution in [0.5, 0.6) is 0 Å². The number of rotatable bonds is 4. The minimum absolute atomic E-state index is 0.220. The van der Waals surface area contributed by atoms with Crippen molar-refractivity contribution in [1.82, 2.24) is 4.72 Å². The Morgan fingerprint density at radius 3 is 2.47 bits per heavy atom. The zero-order chi connectivity index (χ0) is 14.0. The van der Waals surface area contributed by atoms with Gasteiger partial charge in [-0.05, 0) is 56.1 Å². The van der Waals surface area contributed by atoms with Crippen LogP contribution in [-0.2, 0) is 16.6 Å². The van der Waals surface area contributed by atoms with Crippen LogP contribution in [-0.4, -0.2) is 8.42 Å². The molecule has 2 rings (SSSR count). The van der Waals surface area contributed by atoms with Gasteiger partial charge in [-0.15, -0.1) is 11.3 Å². The molecule has 0 aliphatic rings. The molecule has 19 heavy (non-hydrogen) atoms. The predicted octanol–water partition coefficient (Wildman–Crippen LogP) is 4.51. The first-order valence-electron chi connectivity index (χ1n) is 5.06. The molecule has 102 valence electrons. The second kappa shape index (κ2) is 6.36. The van der Waals surface area contributed by atoms with Crippen molar-refractivity contribution in [3.05, 3.63) is 47.9 Å². The molecule has 0 aliphatic heterocycles. The van der Waals surface area contributed by atoms with Crippen molar-refractivity contribution < 1.29 is 8.42 Å². The normalized spacial score (nSPS) is 11.7. The van der Waals surface area contributed by atoms with Gasteiger partial charge in [0.15, 0.2) is 0 Å². The van der Waals surface area contributed by atoms with Crippen LogP contribution in [0.4, 0.5) is 0 Å². The summed E-state index contributed by atoms with van der Waals surface area (Å²) >= 11 is 11.4. The SMILES string of the molecule is O=S(=O)(NCc1cc(Br)cs1)c1cc(Br)ccc1Br. The van der Waals surface area contributed by atoms with Gasteiger partial charge in [-0.1, -0.05) is 15.9 Å². The van der Waals surface area contributed by atoms with E-state index in [-0.39, 0.29) is 11.4 Å². The maximum atomic E-state index is 12.2. The summed E-state index contributed by atoms with van der Waals surface area (Å²) in [5.41, 5.74) is 0. The Morgan fingerprint density at radius 1 is 1.11 bits per heavy atom. The largest absolute Gasteiger partial charge is 0.242 e. The molecule has 1 heterocycles. The number of benzene rings is 1. The number of sulfonamides is 1. The molecule has 2 aromatic rings. The maximum Gasteiger partial charge on any atom is 0.242 e. The van der Waals surface area contributed by atoms with Crippen LogP contribution in [0.1, 0.15) is 4.88 Å². The number of hydrogen-bond acceptors (Lipinski definition) is 3. The lowest BCUT2D eigenvalue weighted by molar-refractivity contribution is 0.581. The van der Waals surface area contributed by atoms with Gasteiger partial charge in [0.25, 0.3) is 0 Å². The Labute approximate surface area is 140 Å². The summed E-state index contributed by atoms with van der Waals surface area (Å²) in [6.07, 6.45) is 0. The summed E-state index contributed by atoms with van der Waals surface area (Å²) in [6.45, 7) is 0.275. The molecular formula is C11H8Br3NO2S2. The fourth-order valence-electron chi connectivity index (χ4n) is 1.37. The highest BCUT2D eigenvalue weighted by Gasteiger charge is 2.18. The van der Waals surface area contributed by atoms with Crippen LogP contribution >= 0.6 is 59.1 Å². The third kappa shape index (κ3) is 4.12. The van der Waals surface area contributed by atoms with Crippen molar-refractivity contribution in [3.63, 3.8) is 0 Å². The summed E-state index contributed by atoms with van der Waals surface area (Å²) in [6, 6.07) is 6.93. The second-order valence-corrected chi connectivity index (χ2v) is 9.05. The molecule has 1 aromatic heterocycles. The molecule has 0 bridgehead atoms. The smallest absolute Gasteiger partial charge is 0.207 e. The molecule has 0 amide bonds. The van der Waals surface area contributed by atoms with E-state index in [2.05, 4.69) is 52.5 Å². The van der Waals surface area contributed by atoms with E-state index < -0.39 is 10.0 Å². The minimum Gasteiger partial charge on any atom is -0.207 e. The van der Waals surface area contributed by atoms with Gasteiger partial charge >= 0.3 is 0 Å². The molecule has 1 N–H and O–H groups in total.